The molecule has 1 fully saturated rings. The van der Waals surface area contributed by atoms with Crippen LogP contribution in [0.5, 0.6) is 0 Å². The number of halogens is 1. The number of guanidine groups is 1. The molecular formula is C20H27IN6O3. The number of hydrogen-bond donors (Lipinski definition) is 3. The maximum absolute atomic E-state index is 12.5. The van der Waals surface area contributed by atoms with E-state index in [0.29, 0.717) is 43.6 Å². The number of aryl methyl sites for hydroxylation is 2. The van der Waals surface area contributed by atoms with Crippen LogP contribution in [0.15, 0.2) is 33.7 Å². The number of amides is 2. The summed E-state index contributed by atoms with van der Waals surface area (Å²) in [5.74, 6) is 1.78. The van der Waals surface area contributed by atoms with Crippen molar-refractivity contribution in [1.82, 2.24) is 25.8 Å². The molecule has 0 aliphatic carbocycles. The van der Waals surface area contributed by atoms with Gasteiger partial charge in [0, 0.05) is 32.2 Å². The molecule has 0 atom stereocenters. The molecule has 0 unspecified atom stereocenters. The van der Waals surface area contributed by atoms with Crippen molar-refractivity contribution < 1.29 is 14.0 Å². The van der Waals surface area contributed by atoms with E-state index in [1.165, 1.54) is 0 Å². The lowest BCUT2D eigenvalue weighted by Gasteiger charge is -2.26. The van der Waals surface area contributed by atoms with Crippen molar-refractivity contribution in [2.75, 3.05) is 26.7 Å². The fourth-order valence-electron chi connectivity index (χ4n) is 2.94. The number of rotatable bonds is 5. The Kier molecular flexibility index (Phi) is 8.63. The summed E-state index contributed by atoms with van der Waals surface area (Å²) < 4.78 is 5.55. The summed E-state index contributed by atoms with van der Waals surface area (Å²) in [6, 6.07) is 7.33. The zero-order valence-corrected chi connectivity index (χ0v) is 19.6. The van der Waals surface area contributed by atoms with Gasteiger partial charge in [0.1, 0.15) is 5.76 Å². The summed E-state index contributed by atoms with van der Waals surface area (Å²) >= 11 is 0. The Hall–Kier alpha value is -2.63. The lowest BCUT2D eigenvalue weighted by molar-refractivity contribution is -0.123. The molecule has 0 bridgehead atoms. The molecule has 1 aromatic heterocycles. The van der Waals surface area contributed by atoms with Gasteiger partial charge >= 0.3 is 0 Å². The first-order chi connectivity index (χ1) is 14.0. The predicted octanol–water partition coefficient (Wildman–Crippen LogP) is 1.35. The number of oxazole rings is 1. The van der Waals surface area contributed by atoms with Crippen LogP contribution in [0.4, 0.5) is 0 Å². The zero-order chi connectivity index (χ0) is 20.8. The molecule has 2 heterocycles. The molecule has 3 rings (SSSR count). The lowest BCUT2D eigenvalue weighted by atomic mass is 10.1. The summed E-state index contributed by atoms with van der Waals surface area (Å²) in [5, 5.41) is 9.09. The Labute approximate surface area is 192 Å². The number of hydrogen-bond acceptors (Lipinski definition) is 5. The monoisotopic (exact) mass is 526 g/mol. The van der Waals surface area contributed by atoms with Crippen molar-refractivity contribution in [3.05, 3.63) is 52.7 Å². The molecule has 2 amide bonds. The zero-order valence-electron chi connectivity index (χ0n) is 17.3. The average Bonchev–Trinajstić information content (AvgIpc) is 3.05. The van der Waals surface area contributed by atoms with Gasteiger partial charge in [-0.25, -0.2) is 4.98 Å². The molecule has 0 saturated carbocycles. The maximum atomic E-state index is 12.5. The molecule has 0 spiro atoms. The van der Waals surface area contributed by atoms with Crippen LogP contribution in [0.1, 0.15) is 33.3 Å². The quantitative estimate of drug-likeness (QED) is 0.308. The van der Waals surface area contributed by atoms with Gasteiger partial charge < -0.3 is 25.3 Å². The van der Waals surface area contributed by atoms with E-state index in [1.807, 2.05) is 26.0 Å². The first-order valence-electron chi connectivity index (χ1n) is 9.48. The van der Waals surface area contributed by atoms with Crippen LogP contribution in [-0.4, -0.2) is 54.3 Å². The van der Waals surface area contributed by atoms with Crippen LogP contribution in [-0.2, 0) is 17.9 Å². The van der Waals surface area contributed by atoms with Crippen molar-refractivity contribution in [3.8, 4) is 0 Å². The number of nitrogens with one attached hydrogen (secondary N) is 3. The summed E-state index contributed by atoms with van der Waals surface area (Å²) in [6.45, 7) is 5.89. The van der Waals surface area contributed by atoms with Gasteiger partial charge in [-0.1, -0.05) is 12.1 Å². The van der Waals surface area contributed by atoms with Crippen LogP contribution >= 0.6 is 24.0 Å². The molecule has 0 radical (unpaired) electrons. The van der Waals surface area contributed by atoms with Gasteiger partial charge in [0.2, 0.25) is 11.8 Å². The first-order valence-corrected chi connectivity index (χ1v) is 9.48. The largest absolute Gasteiger partial charge is 0.444 e. The Balaban J connectivity index is 0.00000320. The molecule has 1 aliphatic rings. The number of nitrogens with zero attached hydrogens (tertiary/aromatic N) is 3. The molecule has 9 nitrogen and oxygen atoms in total. The summed E-state index contributed by atoms with van der Waals surface area (Å²) in [4.78, 5) is 34.0. The van der Waals surface area contributed by atoms with Gasteiger partial charge in [-0.3, -0.25) is 14.6 Å². The molecule has 2 aromatic rings. The highest BCUT2D eigenvalue weighted by atomic mass is 127. The predicted molar refractivity (Wildman–Crippen MR) is 124 cm³/mol. The van der Waals surface area contributed by atoms with Gasteiger partial charge in [-0.05, 0) is 31.5 Å². The lowest BCUT2D eigenvalue weighted by Crippen LogP contribution is -2.49. The second-order valence-electron chi connectivity index (χ2n) is 6.80. The van der Waals surface area contributed by atoms with E-state index in [-0.39, 0.29) is 42.3 Å². The minimum atomic E-state index is -0.131. The van der Waals surface area contributed by atoms with E-state index in [4.69, 9.17) is 4.42 Å². The Morgan fingerprint density at radius 3 is 2.53 bits per heavy atom. The van der Waals surface area contributed by atoms with E-state index in [9.17, 15) is 9.59 Å². The van der Waals surface area contributed by atoms with Crippen LogP contribution in [0.25, 0.3) is 0 Å². The van der Waals surface area contributed by atoms with Gasteiger partial charge in [0.05, 0.1) is 18.8 Å². The third-order valence-corrected chi connectivity index (χ3v) is 4.69. The molecule has 30 heavy (non-hydrogen) atoms. The molecule has 10 heteroatoms. The van der Waals surface area contributed by atoms with Crippen molar-refractivity contribution in [1.29, 1.82) is 0 Å². The Morgan fingerprint density at radius 1 is 1.23 bits per heavy atom. The second-order valence-corrected chi connectivity index (χ2v) is 6.80. The highest BCUT2D eigenvalue weighted by molar-refractivity contribution is 14.0. The van der Waals surface area contributed by atoms with Crippen molar-refractivity contribution in [2.24, 2.45) is 4.99 Å². The number of carbonyl (C=O) groups excluding carboxylic acids is 2. The van der Waals surface area contributed by atoms with Crippen LogP contribution < -0.4 is 16.0 Å². The molecule has 1 saturated heterocycles. The van der Waals surface area contributed by atoms with Gasteiger partial charge in [0.25, 0.3) is 5.91 Å². The van der Waals surface area contributed by atoms with Gasteiger partial charge in [-0.15, -0.1) is 24.0 Å². The highest BCUT2D eigenvalue weighted by Crippen LogP contribution is 2.10. The fourth-order valence-corrected chi connectivity index (χ4v) is 2.94. The fraction of sp³-hybridized carbons (Fsp3) is 0.400. The topological polar surface area (TPSA) is 112 Å². The smallest absolute Gasteiger partial charge is 0.254 e. The number of aliphatic imine (C=N–C) groups is 1. The summed E-state index contributed by atoms with van der Waals surface area (Å²) in [6.07, 6.45) is 0. The number of carbonyl (C=O) groups is 2. The molecular weight excluding hydrogens is 499 g/mol. The third kappa shape index (κ3) is 6.18. The molecule has 162 valence electrons. The Morgan fingerprint density at radius 2 is 1.93 bits per heavy atom. The summed E-state index contributed by atoms with van der Waals surface area (Å²) in [7, 11) is 1.69. The van der Waals surface area contributed by atoms with Crippen molar-refractivity contribution >= 4 is 41.8 Å². The van der Waals surface area contributed by atoms with E-state index < -0.39 is 0 Å². The number of benzene rings is 1. The standard InChI is InChI=1S/C20H26N6O3.HI/c1-13-14(2)29-18(25-13)11-24-20(21-3)23-10-15-4-6-16(7-5-15)19(28)26-9-8-22-17(27)12-26;/h4-7H,8-12H2,1-3H3,(H,22,27)(H2,21,23,24);1H. The van der Waals surface area contributed by atoms with Crippen molar-refractivity contribution in [3.63, 3.8) is 0 Å². The normalized spacial score (nSPS) is 14.0. The average molecular weight is 526 g/mol. The van der Waals surface area contributed by atoms with Crippen LogP contribution in [0, 0.1) is 13.8 Å². The van der Waals surface area contributed by atoms with Gasteiger partial charge in [0.15, 0.2) is 5.96 Å². The SMILES string of the molecule is CN=C(NCc1ccc(C(=O)N2CCNC(=O)C2)cc1)NCc1nc(C)c(C)o1.I. The highest BCUT2D eigenvalue weighted by Gasteiger charge is 2.22. The van der Waals surface area contributed by atoms with E-state index >= 15 is 0 Å². The van der Waals surface area contributed by atoms with Crippen LogP contribution in [0.3, 0.4) is 0 Å². The molecule has 1 aliphatic heterocycles. The minimum Gasteiger partial charge on any atom is -0.444 e. The minimum absolute atomic E-state index is 0. The first kappa shape index (κ1) is 23.6. The second kappa shape index (κ2) is 11.0. The van der Waals surface area contributed by atoms with E-state index in [0.717, 1.165) is 17.0 Å². The molecule has 3 N–H and O–H groups in total. The number of aromatic nitrogens is 1. The van der Waals surface area contributed by atoms with Crippen molar-refractivity contribution in [2.45, 2.75) is 26.9 Å². The van der Waals surface area contributed by atoms with E-state index in [1.54, 1.807) is 24.1 Å². The van der Waals surface area contributed by atoms with Crippen LogP contribution in [0.2, 0.25) is 0 Å². The van der Waals surface area contributed by atoms with E-state index in [2.05, 4.69) is 25.9 Å². The third-order valence-electron chi connectivity index (χ3n) is 4.69. The Bertz CT molecular complexity index is 890. The number of piperazine rings is 1. The maximum Gasteiger partial charge on any atom is 0.254 e. The van der Waals surface area contributed by atoms with Gasteiger partial charge in [-0.2, -0.15) is 0 Å². The molecule has 1 aromatic carbocycles. The summed E-state index contributed by atoms with van der Waals surface area (Å²) in [5.41, 5.74) is 2.45.